The van der Waals surface area contributed by atoms with Crippen LogP contribution in [0.5, 0.6) is 0 Å². The Morgan fingerprint density at radius 3 is 2.16 bits per heavy atom. The SMILES string of the molecule is CC[C@H](CC(=O)O)NC(=O)CC(O)CNC(=O)OCC1c2ccccc2-c2ccccc21. The zero-order valence-electron chi connectivity index (χ0n) is 17.9. The van der Waals surface area contributed by atoms with Crippen LogP contribution in [0.4, 0.5) is 4.79 Å². The normalized spacial score (nSPS) is 14.1. The van der Waals surface area contributed by atoms with Crippen LogP contribution >= 0.6 is 0 Å². The lowest BCUT2D eigenvalue weighted by Gasteiger charge is -2.17. The molecule has 8 heteroatoms. The third-order valence-electron chi connectivity index (χ3n) is 5.53. The number of carbonyl (C=O) groups excluding carboxylic acids is 2. The number of rotatable bonds is 10. The molecule has 0 saturated heterocycles. The third kappa shape index (κ3) is 5.85. The molecule has 1 unspecified atom stereocenters. The van der Waals surface area contributed by atoms with Crippen LogP contribution < -0.4 is 10.6 Å². The van der Waals surface area contributed by atoms with Gasteiger partial charge in [0.1, 0.15) is 6.61 Å². The molecule has 2 amide bonds. The van der Waals surface area contributed by atoms with E-state index in [1.54, 1.807) is 6.92 Å². The van der Waals surface area contributed by atoms with Gasteiger partial charge in [-0.1, -0.05) is 55.5 Å². The Hall–Kier alpha value is -3.39. The summed E-state index contributed by atoms with van der Waals surface area (Å²) in [5.41, 5.74) is 4.47. The molecule has 0 aliphatic heterocycles. The first-order chi connectivity index (χ1) is 15.4. The van der Waals surface area contributed by atoms with Crippen LogP contribution in [0.2, 0.25) is 0 Å². The molecule has 2 atom stereocenters. The van der Waals surface area contributed by atoms with Gasteiger partial charge < -0.3 is 25.6 Å². The maximum atomic E-state index is 12.1. The van der Waals surface area contributed by atoms with Crippen molar-refractivity contribution in [3.05, 3.63) is 59.7 Å². The Balaban J connectivity index is 1.46. The van der Waals surface area contributed by atoms with Gasteiger partial charge in [-0.25, -0.2) is 4.79 Å². The van der Waals surface area contributed by atoms with E-state index < -0.39 is 30.1 Å². The first-order valence-corrected chi connectivity index (χ1v) is 10.7. The van der Waals surface area contributed by atoms with Crippen molar-refractivity contribution in [2.45, 2.75) is 44.2 Å². The highest BCUT2D eigenvalue weighted by atomic mass is 16.5. The number of carboxylic acid groups (broad SMARTS) is 1. The van der Waals surface area contributed by atoms with Gasteiger partial charge in [0.05, 0.1) is 18.9 Å². The van der Waals surface area contributed by atoms with Gasteiger partial charge in [0, 0.05) is 18.5 Å². The molecule has 170 valence electrons. The standard InChI is InChI=1S/C24H28N2O6/c1-2-15(11-23(29)30)26-22(28)12-16(27)13-25-24(31)32-14-21-19-9-5-3-7-17(19)18-8-4-6-10-20(18)21/h3-10,15-16,21,27H,2,11-14H2,1H3,(H,25,31)(H,26,28)(H,29,30)/t15-,16?/m1/s1. The van der Waals surface area contributed by atoms with Crippen molar-refractivity contribution in [1.82, 2.24) is 10.6 Å². The number of carbonyl (C=O) groups is 3. The molecule has 0 bridgehead atoms. The zero-order valence-corrected chi connectivity index (χ0v) is 17.9. The summed E-state index contributed by atoms with van der Waals surface area (Å²) in [7, 11) is 0. The molecule has 32 heavy (non-hydrogen) atoms. The summed E-state index contributed by atoms with van der Waals surface area (Å²) in [4.78, 5) is 34.9. The van der Waals surface area contributed by atoms with Crippen molar-refractivity contribution in [1.29, 1.82) is 0 Å². The van der Waals surface area contributed by atoms with Crippen molar-refractivity contribution >= 4 is 18.0 Å². The van der Waals surface area contributed by atoms with Gasteiger partial charge in [0.15, 0.2) is 0 Å². The summed E-state index contributed by atoms with van der Waals surface area (Å²) in [6, 6.07) is 15.5. The summed E-state index contributed by atoms with van der Waals surface area (Å²) in [6.07, 6.45) is -1.76. The molecule has 0 heterocycles. The van der Waals surface area contributed by atoms with Crippen LogP contribution in [-0.2, 0) is 14.3 Å². The summed E-state index contributed by atoms with van der Waals surface area (Å²) in [5.74, 6) is -1.54. The van der Waals surface area contributed by atoms with E-state index in [2.05, 4.69) is 22.8 Å². The lowest BCUT2D eigenvalue weighted by atomic mass is 9.98. The average Bonchev–Trinajstić information content (AvgIpc) is 3.09. The second kappa shape index (κ2) is 10.8. The van der Waals surface area contributed by atoms with Crippen molar-refractivity contribution < 1.29 is 29.3 Å². The van der Waals surface area contributed by atoms with E-state index in [1.807, 2.05) is 36.4 Å². The fraction of sp³-hybridized carbons (Fsp3) is 0.375. The number of hydrogen-bond acceptors (Lipinski definition) is 5. The van der Waals surface area contributed by atoms with Crippen LogP contribution in [0.25, 0.3) is 11.1 Å². The highest BCUT2D eigenvalue weighted by molar-refractivity contribution is 5.79. The average molecular weight is 440 g/mol. The fourth-order valence-corrected chi connectivity index (χ4v) is 3.93. The lowest BCUT2D eigenvalue weighted by Crippen LogP contribution is -2.40. The molecule has 0 aromatic heterocycles. The van der Waals surface area contributed by atoms with Crippen molar-refractivity contribution in [3.8, 4) is 11.1 Å². The minimum absolute atomic E-state index is 0.0657. The number of aliphatic hydroxyl groups is 1. The van der Waals surface area contributed by atoms with Crippen LogP contribution in [0, 0.1) is 0 Å². The van der Waals surface area contributed by atoms with E-state index in [4.69, 9.17) is 9.84 Å². The predicted octanol–water partition coefficient (Wildman–Crippen LogP) is 2.65. The summed E-state index contributed by atoms with van der Waals surface area (Å²) >= 11 is 0. The number of benzene rings is 2. The maximum absolute atomic E-state index is 12.1. The first kappa shape index (κ1) is 23.3. The summed E-state index contributed by atoms with van der Waals surface area (Å²) < 4.78 is 5.39. The Morgan fingerprint density at radius 1 is 1.00 bits per heavy atom. The second-order valence-electron chi connectivity index (χ2n) is 7.83. The molecule has 2 aromatic carbocycles. The van der Waals surface area contributed by atoms with Gasteiger partial charge in [-0.05, 0) is 28.7 Å². The number of carboxylic acids is 1. The van der Waals surface area contributed by atoms with E-state index in [1.165, 1.54) is 0 Å². The second-order valence-corrected chi connectivity index (χ2v) is 7.83. The molecule has 2 aromatic rings. The van der Waals surface area contributed by atoms with Gasteiger partial charge in [-0.2, -0.15) is 0 Å². The molecule has 1 aliphatic carbocycles. The number of alkyl carbamates (subject to hydrolysis) is 1. The van der Waals surface area contributed by atoms with Gasteiger partial charge in [0.25, 0.3) is 0 Å². The van der Waals surface area contributed by atoms with Crippen molar-refractivity contribution in [2.24, 2.45) is 0 Å². The predicted molar refractivity (Wildman–Crippen MR) is 118 cm³/mol. The van der Waals surface area contributed by atoms with E-state index in [-0.39, 0.29) is 31.9 Å². The quantitative estimate of drug-likeness (QED) is 0.450. The molecule has 0 spiro atoms. The number of ether oxygens (including phenoxy) is 1. The highest BCUT2D eigenvalue weighted by Gasteiger charge is 2.29. The van der Waals surface area contributed by atoms with Gasteiger partial charge in [-0.3, -0.25) is 9.59 Å². The highest BCUT2D eigenvalue weighted by Crippen LogP contribution is 2.44. The van der Waals surface area contributed by atoms with Gasteiger partial charge in [0.2, 0.25) is 5.91 Å². The van der Waals surface area contributed by atoms with E-state index in [9.17, 15) is 19.5 Å². The Kier molecular flexibility index (Phi) is 7.83. The molecule has 1 aliphatic rings. The van der Waals surface area contributed by atoms with E-state index in [0.717, 1.165) is 22.3 Å². The number of hydrogen-bond donors (Lipinski definition) is 4. The van der Waals surface area contributed by atoms with Crippen LogP contribution in [-0.4, -0.2) is 53.5 Å². The lowest BCUT2D eigenvalue weighted by molar-refractivity contribution is -0.137. The number of fused-ring (bicyclic) bond motifs is 3. The molecule has 0 saturated carbocycles. The smallest absolute Gasteiger partial charge is 0.407 e. The topological polar surface area (TPSA) is 125 Å². The Labute approximate surface area is 186 Å². The molecule has 0 radical (unpaired) electrons. The molecule has 3 rings (SSSR count). The number of aliphatic carboxylic acids is 1. The van der Waals surface area contributed by atoms with E-state index >= 15 is 0 Å². The van der Waals surface area contributed by atoms with Crippen LogP contribution in [0.1, 0.15) is 43.2 Å². The Bertz CT molecular complexity index is 931. The number of aliphatic hydroxyl groups excluding tert-OH is 1. The third-order valence-corrected chi connectivity index (χ3v) is 5.53. The number of amides is 2. The molecular formula is C24H28N2O6. The largest absolute Gasteiger partial charge is 0.481 e. The minimum atomic E-state index is -1.11. The van der Waals surface area contributed by atoms with Gasteiger partial charge >= 0.3 is 12.1 Å². The summed E-state index contributed by atoms with van der Waals surface area (Å²) in [5, 5.41) is 23.9. The molecular weight excluding hydrogens is 412 g/mol. The zero-order chi connectivity index (χ0) is 23.1. The molecule has 0 fully saturated rings. The first-order valence-electron chi connectivity index (χ1n) is 10.7. The molecule has 4 N–H and O–H groups in total. The maximum Gasteiger partial charge on any atom is 0.407 e. The van der Waals surface area contributed by atoms with E-state index in [0.29, 0.717) is 6.42 Å². The fourth-order valence-electron chi connectivity index (χ4n) is 3.93. The van der Waals surface area contributed by atoms with Crippen molar-refractivity contribution in [2.75, 3.05) is 13.2 Å². The summed E-state index contributed by atoms with van der Waals surface area (Å²) in [6.45, 7) is 1.77. The van der Waals surface area contributed by atoms with Gasteiger partial charge in [-0.15, -0.1) is 0 Å². The monoisotopic (exact) mass is 440 g/mol. The van der Waals surface area contributed by atoms with Crippen LogP contribution in [0.15, 0.2) is 48.5 Å². The minimum Gasteiger partial charge on any atom is -0.481 e. The number of nitrogens with one attached hydrogen (secondary N) is 2. The van der Waals surface area contributed by atoms with Crippen molar-refractivity contribution in [3.63, 3.8) is 0 Å². The molecule has 8 nitrogen and oxygen atoms in total. The Morgan fingerprint density at radius 2 is 1.59 bits per heavy atom. The van der Waals surface area contributed by atoms with Crippen LogP contribution in [0.3, 0.4) is 0 Å².